The summed E-state index contributed by atoms with van der Waals surface area (Å²) < 4.78 is 15.3. The van der Waals surface area contributed by atoms with Gasteiger partial charge in [-0.2, -0.15) is 0 Å². The average molecular weight is 358 g/mol. The molecule has 0 radical (unpaired) electrons. The van der Waals surface area contributed by atoms with Crippen molar-refractivity contribution in [3.63, 3.8) is 0 Å². The van der Waals surface area contributed by atoms with E-state index in [4.69, 9.17) is 23.2 Å². The maximum absolute atomic E-state index is 13.4. The highest BCUT2D eigenvalue weighted by Crippen LogP contribution is 2.29. The Balaban J connectivity index is 1.90. The van der Waals surface area contributed by atoms with E-state index in [9.17, 15) is 4.39 Å². The molecule has 0 saturated heterocycles. The van der Waals surface area contributed by atoms with Crippen LogP contribution >= 0.6 is 23.2 Å². The fourth-order valence-electron chi connectivity index (χ4n) is 2.57. The molecular weight excluding hydrogens is 348 g/mol. The first-order valence-corrected chi connectivity index (χ1v) is 7.92. The number of halogens is 3. The van der Waals surface area contributed by atoms with Crippen molar-refractivity contribution in [3.8, 4) is 22.5 Å². The predicted molar refractivity (Wildman–Crippen MR) is 93.8 cm³/mol. The van der Waals surface area contributed by atoms with E-state index in [1.807, 2.05) is 34.9 Å². The van der Waals surface area contributed by atoms with Gasteiger partial charge in [0.1, 0.15) is 5.82 Å². The summed E-state index contributed by atoms with van der Waals surface area (Å²) in [6.07, 6.45) is 5.24. The number of aromatic nitrogens is 3. The minimum absolute atomic E-state index is 0.0721. The Kier molecular flexibility index (Phi) is 3.71. The van der Waals surface area contributed by atoms with E-state index in [0.717, 1.165) is 22.5 Å². The summed E-state index contributed by atoms with van der Waals surface area (Å²) in [5.74, 6) is -0.451. The smallest absolute Gasteiger partial charge is 0.155 e. The quantitative estimate of drug-likeness (QED) is 0.473. The molecule has 0 amide bonds. The summed E-state index contributed by atoms with van der Waals surface area (Å²) in [5, 5.41) is 0.693. The largest absolute Gasteiger partial charge is 0.296 e. The van der Waals surface area contributed by atoms with Crippen LogP contribution in [0.5, 0.6) is 0 Å². The minimum atomic E-state index is -0.451. The lowest BCUT2D eigenvalue weighted by molar-refractivity contribution is 0.628. The van der Waals surface area contributed by atoms with Crippen LogP contribution in [-0.2, 0) is 0 Å². The maximum Gasteiger partial charge on any atom is 0.155 e. The third kappa shape index (κ3) is 2.54. The second-order valence-corrected chi connectivity index (χ2v) is 6.07. The Hall–Kier alpha value is -2.43. The molecule has 0 saturated carbocycles. The fourth-order valence-corrected chi connectivity index (χ4v) is 2.98. The van der Waals surface area contributed by atoms with Crippen LogP contribution < -0.4 is 0 Å². The standard InChI is InChI=1S/C18H10Cl2FN3/c19-13-4-2-1-3-12(13)16-10-24-17(8-23-18(24)9-22-16)11-5-6-15(21)14(20)7-11/h1-10H. The second-order valence-electron chi connectivity index (χ2n) is 5.25. The highest BCUT2D eigenvalue weighted by Gasteiger charge is 2.11. The fraction of sp³-hybridized carbons (Fsp3) is 0. The van der Waals surface area contributed by atoms with Crippen molar-refractivity contribution in [2.45, 2.75) is 0 Å². The van der Waals surface area contributed by atoms with Crippen LogP contribution in [0, 0.1) is 5.82 Å². The van der Waals surface area contributed by atoms with Gasteiger partial charge in [-0.25, -0.2) is 9.37 Å². The highest BCUT2D eigenvalue weighted by molar-refractivity contribution is 6.33. The number of fused-ring (bicyclic) bond motifs is 1. The van der Waals surface area contributed by atoms with Crippen molar-refractivity contribution < 1.29 is 4.39 Å². The molecule has 24 heavy (non-hydrogen) atoms. The lowest BCUT2D eigenvalue weighted by atomic mass is 10.1. The summed E-state index contributed by atoms with van der Waals surface area (Å²) in [6, 6.07) is 12.1. The van der Waals surface area contributed by atoms with Gasteiger partial charge in [-0.05, 0) is 24.3 Å². The molecule has 118 valence electrons. The van der Waals surface area contributed by atoms with Crippen LogP contribution in [0.2, 0.25) is 10.0 Å². The molecular formula is C18H10Cl2FN3. The van der Waals surface area contributed by atoms with Gasteiger partial charge in [-0.15, -0.1) is 0 Å². The Morgan fingerprint density at radius 3 is 2.54 bits per heavy atom. The van der Waals surface area contributed by atoms with Gasteiger partial charge < -0.3 is 0 Å². The number of benzene rings is 2. The van der Waals surface area contributed by atoms with Crippen LogP contribution in [0.15, 0.2) is 61.1 Å². The SMILES string of the molecule is Fc1ccc(-c2cnc3cnc(-c4ccccc4Cl)cn23)cc1Cl. The van der Waals surface area contributed by atoms with Crippen LogP contribution in [0.3, 0.4) is 0 Å². The Morgan fingerprint density at radius 1 is 0.917 bits per heavy atom. The lowest BCUT2D eigenvalue weighted by Gasteiger charge is -2.07. The van der Waals surface area contributed by atoms with Crippen molar-refractivity contribution >= 4 is 28.8 Å². The zero-order valence-electron chi connectivity index (χ0n) is 12.2. The van der Waals surface area contributed by atoms with Crippen molar-refractivity contribution in [1.82, 2.24) is 14.4 Å². The number of rotatable bonds is 2. The molecule has 4 rings (SSSR count). The van der Waals surface area contributed by atoms with Gasteiger partial charge in [-0.1, -0.05) is 41.4 Å². The zero-order chi connectivity index (χ0) is 16.7. The molecule has 0 aliphatic heterocycles. The summed E-state index contributed by atoms with van der Waals surface area (Å²) in [4.78, 5) is 8.76. The molecule has 0 fully saturated rings. The van der Waals surface area contributed by atoms with Gasteiger partial charge in [0.15, 0.2) is 5.65 Å². The second kappa shape index (κ2) is 5.89. The van der Waals surface area contributed by atoms with Gasteiger partial charge in [-0.3, -0.25) is 9.38 Å². The summed E-state index contributed by atoms with van der Waals surface area (Å²) in [7, 11) is 0. The van der Waals surface area contributed by atoms with Crippen molar-refractivity contribution in [3.05, 3.63) is 76.9 Å². The van der Waals surface area contributed by atoms with Gasteiger partial charge in [0, 0.05) is 17.3 Å². The first-order valence-electron chi connectivity index (χ1n) is 7.17. The molecule has 2 aromatic heterocycles. The Bertz CT molecular complexity index is 1060. The molecule has 3 nitrogen and oxygen atoms in total. The van der Waals surface area contributed by atoms with Crippen LogP contribution in [0.4, 0.5) is 4.39 Å². The molecule has 0 bridgehead atoms. The summed E-state index contributed by atoms with van der Waals surface area (Å²) in [5.41, 5.74) is 3.80. The van der Waals surface area contributed by atoms with E-state index in [1.165, 1.54) is 6.07 Å². The molecule has 0 spiro atoms. The normalized spacial score (nSPS) is 11.1. The van der Waals surface area contributed by atoms with Crippen LogP contribution in [0.25, 0.3) is 28.2 Å². The summed E-state index contributed by atoms with van der Waals surface area (Å²) >= 11 is 12.2. The van der Waals surface area contributed by atoms with E-state index in [1.54, 1.807) is 24.5 Å². The first-order chi connectivity index (χ1) is 11.6. The van der Waals surface area contributed by atoms with Gasteiger partial charge >= 0.3 is 0 Å². The number of imidazole rings is 1. The lowest BCUT2D eigenvalue weighted by Crippen LogP contribution is -1.93. The number of nitrogens with zero attached hydrogens (tertiary/aromatic N) is 3. The van der Waals surface area contributed by atoms with E-state index in [0.29, 0.717) is 10.7 Å². The molecule has 0 atom stereocenters. The Labute approximate surface area is 147 Å². The molecule has 4 aromatic rings. The average Bonchev–Trinajstić information content (AvgIpc) is 3.01. The van der Waals surface area contributed by atoms with Crippen molar-refractivity contribution in [2.24, 2.45) is 0 Å². The molecule has 0 aliphatic rings. The molecule has 0 N–H and O–H groups in total. The monoisotopic (exact) mass is 357 g/mol. The molecule has 2 aromatic carbocycles. The van der Waals surface area contributed by atoms with E-state index in [-0.39, 0.29) is 5.02 Å². The predicted octanol–water partition coefficient (Wildman–Crippen LogP) is 5.51. The third-order valence-electron chi connectivity index (χ3n) is 3.76. The van der Waals surface area contributed by atoms with Gasteiger partial charge in [0.25, 0.3) is 0 Å². The zero-order valence-corrected chi connectivity index (χ0v) is 13.8. The molecule has 0 unspecified atom stereocenters. The van der Waals surface area contributed by atoms with E-state index in [2.05, 4.69) is 9.97 Å². The highest BCUT2D eigenvalue weighted by atomic mass is 35.5. The molecule has 0 aliphatic carbocycles. The number of hydrogen-bond donors (Lipinski definition) is 0. The maximum atomic E-state index is 13.4. The van der Waals surface area contributed by atoms with Crippen molar-refractivity contribution in [2.75, 3.05) is 0 Å². The Morgan fingerprint density at radius 2 is 1.75 bits per heavy atom. The van der Waals surface area contributed by atoms with Crippen LogP contribution in [0.1, 0.15) is 0 Å². The minimum Gasteiger partial charge on any atom is -0.296 e. The number of hydrogen-bond acceptors (Lipinski definition) is 2. The third-order valence-corrected chi connectivity index (χ3v) is 4.38. The van der Waals surface area contributed by atoms with E-state index < -0.39 is 5.82 Å². The van der Waals surface area contributed by atoms with Gasteiger partial charge in [0.2, 0.25) is 0 Å². The van der Waals surface area contributed by atoms with Crippen molar-refractivity contribution in [1.29, 1.82) is 0 Å². The molecule has 2 heterocycles. The molecule has 6 heteroatoms. The van der Waals surface area contributed by atoms with Crippen LogP contribution in [-0.4, -0.2) is 14.4 Å². The van der Waals surface area contributed by atoms with E-state index >= 15 is 0 Å². The van der Waals surface area contributed by atoms with Gasteiger partial charge in [0.05, 0.1) is 33.8 Å². The topological polar surface area (TPSA) is 30.2 Å². The summed E-state index contributed by atoms with van der Waals surface area (Å²) in [6.45, 7) is 0. The first kappa shape index (κ1) is 15.1.